The lowest BCUT2D eigenvalue weighted by Crippen LogP contribution is -2.39. The second kappa shape index (κ2) is 5.83. The van der Waals surface area contributed by atoms with Crippen LogP contribution >= 0.6 is 15.9 Å². The van der Waals surface area contributed by atoms with Crippen molar-refractivity contribution in [3.8, 4) is 0 Å². The summed E-state index contributed by atoms with van der Waals surface area (Å²) < 4.78 is 6.54. The number of rotatable bonds is 5. The lowest BCUT2D eigenvalue weighted by Gasteiger charge is -2.21. The van der Waals surface area contributed by atoms with Crippen LogP contribution in [0.15, 0.2) is 22.7 Å². The van der Waals surface area contributed by atoms with Gasteiger partial charge in [0, 0.05) is 24.7 Å². The summed E-state index contributed by atoms with van der Waals surface area (Å²) in [5.74, 6) is -0.330. The highest BCUT2D eigenvalue weighted by atomic mass is 79.9. The molecule has 1 aromatic carbocycles. The molecular weight excluding hydrogens is 350 g/mol. The van der Waals surface area contributed by atoms with Crippen molar-refractivity contribution < 1.29 is 14.6 Å². The number of nitrogens with zero attached hydrogens (tertiary/aromatic N) is 1. The van der Waals surface area contributed by atoms with Gasteiger partial charge in [0.05, 0.1) is 5.69 Å². The summed E-state index contributed by atoms with van der Waals surface area (Å²) in [7, 11) is -1.15. The largest absolute Gasteiger partial charge is 0.375 e. The maximum Gasteiger partial charge on any atom is 0.265 e. The Kier molecular flexibility index (Phi) is 4.63. The smallest absolute Gasteiger partial charge is 0.265 e. The maximum absolute atomic E-state index is 12.4. The molecule has 1 N–H and O–H groups in total. The van der Waals surface area contributed by atoms with Crippen LogP contribution in [0.3, 0.4) is 0 Å². The molecule has 116 valence electrons. The first-order chi connectivity index (χ1) is 9.63. The van der Waals surface area contributed by atoms with E-state index in [0.29, 0.717) is 17.9 Å². The number of ether oxygens (including phenoxy) is 1. The third-order valence-electron chi connectivity index (χ3n) is 3.65. The molecule has 1 amide bonds. The predicted octanol–water partition coefficient (Wildman–Crippen LogP) is 3.32. The van der Waals surface area contributed by atoms with Gasteiger partial charge in [-0.05, 0) is 25.1 Å². The quantitative estimate of drug-likeness (QED) is 0.637. The van der Waals surface area contributed by atoms with Crippen LogP contribution in [0.4, 0.5) is 5.69 Å². The first-order valence-electron chi connectivity index (χ1n) is 7.05. The summed E-state index contributed by atoms with van der Waals surface area (Å²) in [4.78, 5) is 13.9. The molecule has 1 aliphatic heterocycles. The van der Waals surface area contributed by atoms with Crippen LogP contribution in [0.25, 0.3) is 0 Å². The van der Waals surface area contributed by atoms with Gasteiger partial charge in [0.15, 0.2) is 5.60 Å². The zero-order chi connectivity index (χ0) is 15.8. The summed E-state index contributed by atoms with van der Waals surface area (Å²) >= 11 is 3.40. The minimum atomic E-state index is -1.47. The van der Waals surface area contributed by atoms with Gasteiger partial charge in [-0.2, -0.15) is 0 Å². The number of halogens is 1. The van der Waals surface area contributed by atoms with Crippen molar-refractivity contribution in [3.05, 3.63) is 28.2 Å². The van der Waals surface area contributed by atoms with Crippen molar-refractivity contribution >= 4 is 35.6 Å². The minimum Gasteiger partial charge on any atom is -0.375 e. The molecule has 0 radical (unpaired) electrons. The predicted molar refractivity (Wildman–Crippen MR) is 90.2 cm³/mol. The van der Waals surface area contributed by atoms with E-state index < -0.39 is 13.7 Å². The number of hydrogen-bond donors (Lipinski definition) is 1. The second-order valence-electron chi connectivity index (χ2n) is 6.81. The molecule has 1 aliphatic rings. The highest BCUT2D eigenvalue weighted by Gasteiger charge is 2.46. The number of carbonyl (C=O) groups is 1. The Hall–Kier alpha value is -0.693. The topological polar surface area (TPSA) is 49.8 Å². The number of benzene rings is 1. The first-order valence-corrected chi connectivity index (χ1v) is 11.5. The Morgan fingerprint density at radius 3 is 2.67 bits per heavy atom. The van der Waals surface area contributed by atoms with Crippen LogP contribution < -0.4 is 4.90 Å². The summed E-state index contributed by atoms with van der Waals surface area (Å²) in [5.41, 5.74) is -0.130. The summed E-state index contributed by atoms with van der Waals surface area (Å²) in [5, 5.41) is 10.4. The fourth-order valence-corrected chi connectivity index (χ4v) is 3.40. The molecular formula is C15H22BrNO3Si. The lowest BCUT2D eigenvalue weighted by atomic mass is 9.98. The van der Waals surface area contributed by atoms with E-state index >= 15 is 0 Å². The Balaban J connectivity index is 2.11. The molecule has 6 heteroatoms. The molecule has 2 rings (SSSR count). The fraction of sp³-hybridized carbons (Fsp3) is 0.533. The number of carbonyl (C=O) groups excluding carboxylic acids is 1. The van der Waals surface area contributed by atoms with E-state index in [0.717, 1.165) is 10.5 Å². The zero-order valence-corrected chi connectivity index (χ0v) is 15.5. The van der Waals surface area contributed by atoms with Crippen molar-refractivity contribution in [2.24, 2.45) is 0 Å². The number of hydrogen-bond acceptors (Lipinski definition) is 3. The van der Waals surface area contributed by atoms with Gasteiger partial charge in [-0.15, -0.1) is 0 Å². The van der Waals surface area contributed by atoms with E-state index in [1.165, 1.54) is 11.8 Å². The highest BCUT2D eigenvalue weighted by molar-refractivity contribution is 9.10. The van der Waals surface area contributed by atoms with Gasteiger partial charge in [0.25, 0.3) is 5.91 Å². The van der Waals surface area contributed by atoms with Crippen LogP contribution in [0, 0.1) is 0 Å². The van der Waals surface area contributed by atoms with Crippen molar-refractivity contribution in [2.45, 2.75) is 38.2 Å². The van der Waals surface area contributed by atoms with Crippen molar-refractivity contribution in [1.29, 1.82) is 0 Å². The molecule has 0 spiro atoms. The Morgan fingerprint density at radius 1 is 1.38 bits per heavy atom. The lowest BCUT2D eigenvalue weighted by molar-refractivity contribution is -0.135. The molecule has 0 fully saturated rings. The third kappa shape index (κ3) is 3.56. The number of fused-ring (bicyclic) bond motifs is 1. The minimum absolute atomic E-state index is 0.183. The van der Waals surface area contributed by atoms with E-state index in [-0.39, 0.29) is 12.6 Å². The van der Waals surface area contributed by atoms with Gasteiger partial charge < -0.3 is 9.84 Å². The number of amides is 1. The zero-order valence-electron chi connectivity index (χ0n) is 12.9. The first kappa shape index (κ1) is 16.7. The van der Waals surface area contributed by atoms with E-state index in [4.69, 9.17) is 4.74 Å². The van der Waals surface area contributed by atoms with E-state index in [2.05, 4.69) is 35.6 Å². The molecule has 0 aromatic heterocycles. The summed E-state index contributed by atoms with van der Waals surface area (Å²) in [6, 6.07) is 6.50. The van der Waals surface area contributed by atoms with Gasteiger partial charge in [-0.3, -0.25) is 9.69 Å². The molecule has 0 saturated heterocycles. The van der Waals surface area contributed by atoms with Crippen LogP contribution in [-0.4, -0.2) is 32.4 Å². The Morgan fingerprint density at radius 2 is 2.05 bits per heavy atom. The molecule has 0 bridgehead atoms. The molecule has 21 heavy (non-hydrogen) atoms. The molecule has 4 nitrogen and oxygen atoms in total. The average molecular weight is 372 g/mol. The van der Waals surface area contributed by atoms with Crippen LogP contribution in [0.2, 0.25) is 25.7 Å². The maximum atomic E-state index is 12.4. The third-order valence-corrected chi connectivity index (χ3v) is 5.85. The van der Waals surface area contributed by atoms with Crippen molar-refractivity contribution in [2.75, 3.05) is 18.2 Å². The molecule has 1 atom stereocenters. The number of aliphatic hydroxyl groups is 1. The van der Waals surface area contributed by atoms with Crippen molar-refractivity contribution in [1.82, 2.24) is 0 Å². The molecule has 1 aromatic rings. The highest BCUT2D eigenvalue weighted by Crippen LogP contribution is 2.41. The Bertz CT molecular complexity index is 554. The summed E-state index contributed by atoms with van der Waals surface area (Å²) in [6.07, 6.45) is 0. The van der Waals surface area contributed by atoms with Gasteiger partial charge in [0.2, 0.25) is 0 Å². The molecule has 1 unspecified atom stereocenters. The summed E-state index contributed by atoms with van der Waals surface area (Å²) in [6.45, 7) is 9.22. The average Bonchev–Trinajstić information content (AvgIpc) is 2.53. The second-order valence-corrected chi connectivity index (χ2v) is 13.4. The molecule has 1 heterocycles. The van der Waals surface area contributed by atoms with Crippen LogP contribution in [0.5, 0.6) is 0 Å². The Labute approximate surface area is 135 Å². The van der Waals surface area contributed by atoms with Gasteiger partial charge in [0.1, 0.15) is 6.73 Å². The van der Waals surface area contributed by atoms with Gasteiger partial charge >= 0.3 is 0 Å². The van der Waals surface area contributed by atoms with E-state index in [1.54, 1.807) is 6.07 Å². The monoisotopic (exact) mass is 371 g/mol. The standard InChI is InChI=1S/C15H22BrNO3Si/c1-15(19)12-6-5-11(16)9-13(12)17(14(15)18)10-20-7-8-21(2,3)4/h5-6,9,19H,7-8,10H2,1-4H3. The van der Waals surface area contributed by atoms with E-state index in [9.17, 15) is 9.90 Å². The van der Waals surface area contributed by atoms with Crippen LogP contribution in [0.1, 0.15) is 12.5 Å². The molecule has 0 aliphatic carbocycles. The van der Waals surface area contributed by atoms with Gasteiger partial charge in [-0.1, -0.05) is 41.6 Å². The van der Waals surface area contributed by atoms with Crippen molar-refractivity contribution in [3.63, 3.8) is 0 Å². The van der Waals surface area contributed by atoms with Crippen LogP contribution in [-0.2, 0) is 15.1 Å². The van der Waals surface area contributed by atoms with Gasteiger partial charge in [-0.25, -0.2) is 0 Å². The number of anilines is 1. The fourth-order valence-electron chi connectivity index (χ4n) is 2.29. The molecule has 0 saturated carbocycles. The van der Waals surface area contributed by atoms with E-state index in [1.807, 2.05) is 12.1 Å². The SMILES string of the molecule is CC1(O)C(=O)N(COCC[Si](C)(C)C)c2cc(Br)ccc21. The normalized spacial score (nSPS) is 21.8.